The second-order valence-corrected chi connectivity index (χ2v) is 6.54. The van der Waals surface area contributed by atoms with Crippen molar-refractivity contribution in [1.29, 1.82) is 0 Å². The molecular weight excluding hydrogens is 264 g/mol. The average Bonchev–Trinajstić information content (AvgIpc) is 2.56. The lowest BCUT2D eigenvalue weighted by Gasteiger charge is -2.17. The third-order valence-electron chi connectivity index (χ3n) is 4.67. The molecule has 0 saturated carbocycles. The number of fused-ring (bicyclic) bond motifs is 1. The lowest BCUT2D eigenvalue weighted by atomic mass is 9.88. The van der Waals surface area contributed by atoms with Crippen LogP contribution in [0.2, 0.25) is 0 Å². The third kappa shape index (κ3) is 5.16. The van der Waals surface area contributed by atoms with Gasteiger partial charge in [0.05, 0.1) is 0 Å². The van der Waals surface area contributed by atoms with Crippen molar-refractivity contribution in [2.75, 3.05) is 0 Å². The largest absolute Gasteiger partial charge is 0.0654 e. The van der Waals surface area contributed by atoms with E-state index in [-0.39, 0.29) is 0 Å². The number of hydrogen-bond donors (Lipinski definition) is 0. The lowest BCUT2D eigenvalue weighted by Crippen LogP contribution is -1.99. The van der Waals surface area contributed by atoms with Crippen molar-refractivity contribution in [3.05, 3.63) is 48.0 Å². The van der Waals surface area contributed by atoms with E-state index in [0.717, 1.165) is 0 Å². The molecule has 2 rings (SSSR count). The zero-order valence-electron chi connectivity index (χ0n) is 14.4. The van der Waals surface area contributed by atoms with E-state index in [2.05, 4.69) is 56.3 Å². The van der Waals surface area contributed by atoms with Gasteiger partial charge in [0.25, 0.3) is 0 Å². The molecule has 0 nitrogen and oxygen atoms in total. The first kappa shape index (κ1) is 17.1. The van der Waals surface area contributed by atoms with Crippen LogP contribution in [0.25, 0.3) is 10.8 Å². The molecule has 0 aliphatic heterocycles. The van der Waals surface area contributed by atoms with Gasteiger partial charge in [-0.1, -0.05) is 95.2 Å². The van der Waals surface area contributed by atoms with Crippen molar-refractivity contribution >= 4 is 10.8 Å². The molecule has 0 aliphatic carbocycles. The van der Waals surface area contributed by atoms with Gasteiger partial charge in [-0.05, 0) is 41.2 Å². The minimum Gasteiger partial charge on any atom is -0.0654 e. The zero-order valence-corrected chi connectivity index (χ0v) is 14.4. The van der Waals surface area contributed by atoms with Crippen LogP contribution in [0.1, 0.15) is 83.1 Å². The van der Waals surface area contributed by atoms with E-state index >= 15 is 0 Å². The predicted molar refractivity (Wildman–Crippen MR) is 98.4 cm³/mol. The molecule has 0 fully saturated rings. The summed E-state index contributed by atoms with van der Waals surface area (Å²) in [6.07, 6.45) is 12.2. The molecule has 0 amide bonds. The van der Waals surface area contributed by atoms with Crippen molar-refractivity contribution < 1.29 is 0 Å². The Morgan fingerprint density at radius 3 is 2.36 bits per heavy atom. The normalized spacial score (nSPS) is 12.6. The zero-order chi connectivity index (χ0) is 15.6. The van der Waals surface area contributed by atoms with Crippen LogP contribution < -0.4 is 0 Å². The van der Waals surface area contributed by atoms with Crippen LogP contribution in [0.3, 0.4) is 0 Å². The SMILES string of the molecule is CCCCCCCCC(CCC)c1[c]c2ccccc2cc1. The van der Waals surface area contributed by atoms with Gasteiger partial charge >= 0.3 is 0 Å². The Kier molecular flexibility index (Phi) is 7.49. The van der Waals surface area contributed by atoms with E-state index < -0.39 is 0 Å². The smallest absolute Gasteiger partial charge is 0.00614 e. The third-order valence-corrected chi connectivity index (χ3v) is 4.67. The Hall–Kier alpha value is -1.30. The first-order valence-electron chi connectivity index (χ1n) is 9.26. The van der Waals surface area contributed by atoms with E-state index in [4.69, 9.17) is 0 Å². The van der Waals surface area contributed by atoms with Gasteiger partial charge in [0, 0.05) is 0 Å². The van der Waals surface area contributed by atoms with E-state index in [1.165, 1.54) is 74.1 Å². The van der Waals surface area contributed by atoms with Crippen molar-refractivity contribution in [2.45, 2.75) is 77.6 Å². The summed E-state index contributed by atoms with van der Waals surface area (Å²) in [6, 6.07) is 16.8. The van der Waals surface area contributed by atoms with Gasteiger partial charge in [0.15, 0.2) is 0 Å². The Labute approximate surface area is 136 Å². The highest BCUT2D eigenvalue weighted by Crippen LogP contribution is 2.29. The highest BCUT2D eigenvalue weighted by Gasteiger charge is 2.11. The number of unbranched alkanes of at least 4 members (excludes halogenated alkanes) is 5. The predicted octanol–water partition coefficient (Wildman–Crippen LogP) is 7.27. The Balaban J connectivity index is 1.93. The highest BCUT2D eigenvalue weighted by molar-refractivity contribution is 5.82. The Morgan fingerprint density at radius 2 is 1.55 bits per heavy atom. The molecule has 0 aromatic heterocycles. The van der Waals surface area contributed by atoms with Gasteiger partial charge in [-0.15, -0.1) is 0 Å². The molecule has 0 heterocycles. The summed E-state index contributed by atoms with van der Waals surface area (Å²) >= 11 is 0. The van der Waals surface area contributed by atoms with Gasteiger partial charge in [-0.25, -0.2) is 0 Å². The first-order chi connectivity index (χ1) is 10.8. The molecule has 1 unspecified atom stereocenters. The molecule has 0 heteroatoms. The minimum absolute atomic E-state index is 0.695. The van der Waals surface area contributed by atoms with E-state index in [1.54, 1.807) is 0 Å². The molecule has 1 radical (unpaired) electrons. The molecule has 22 heavy (non-hydrogen) atoms. The van der Waals surface area contributed by atoms with E-state index in [9.17, 15) is 0 Å². The molecule has 0 spiro atoms. The summed E-state index contributed by atoms with van der Waals surface area (Å²) < 4.78 is 0. The van der Waals surface area contributed by atoms with Crippen LogP contribution in [0, 0.1) is 6.07 Å². The van der Waals surface area contributed by atoms with Gasteiger partial charge in [-0.2, -0.15) is 0 Å². The summed E-state index contributed by atoms with van der Waals surface area (Å²) in [5.74, 6) is 0.695. The highest BCUT2D eigenvalue weighted by atomic mass is 14.2. The maximum absolute atomic E-state index is 3.67. The lowest BCUT2D eigenvalue weighted by molar-refractivity contribution is 0.512. The van der Waals surface area contributed by atoms with E-state index in [0.29, 0.717) is 5.92 Å². The Bertz CT molecular complexity index is 540. The van der Waals surface area contributed by atoms with Crippen molar-refractivity contribution in [3.63, 3.8) is 0 Å². The summed E-state index contributed by atoms with van der Waals surface area (Å²) in [5, 5.41) is 2.57. The molecule has 0 bridgehead atoms. The second-order valence-electron chi connectivity index (χ2n) is 6.54. The minimum atomic E-state index is 0.695. The number of rotatable bonds is 10. The van der Waals surface area contributed by atoms with Crippen LogP contribution in [-0.2, 0) is 0 Å². The van der Waals surface area contributed by atoms with Crippen LogP contribution in [0.15, 0.2) is 36.4 Å². The quantitative estimate of drug-likeness (QED) is 0.404. The summed E-state index contributed by atoms with van der Waals surface area (Å²) in [7, 11) is 0. The maximum atomic E-state index is 3.67. The monoisotopic (exact) mass is 295 g/mol. The van der Waals surface area contributed by atoms with Gasteiger partial charge < -0.3 is 0 Å². The number of benzene rings is 2. The maximum Gasteiger partial charge on any atom is -0.00614 e. The molecule has 119 valence electrons. The molecule has 0 aliphatic rings. The molecular formula is C22H31. The fourth-order valence-electron chi connectivity index (χ4n) is 3.35. The standard InChI is InChI=1S/C22H31/c1-3-5-6-7-8-9-13-19(12-4-2)22-17-16-20-14-10-11-15-21(20)18-22/h10-11,14-17,19H,3-9,12-13H2,1-2H3. The summed E-state index contributed by atoms with van der Waals surface area (Å²) in [6.45, 7) is 4.59. The molecule has 2 aromatic carbocycles. The molecule has 0 saturated heterocycles. The van der Waals surface area contributed by atoms with Gasteiger partial charge in [-0.3, -0.25) is 0 Å². The fraction of sp³-hybridized carbons (Fsp3) is 0.545. The van der Waals surface area contributed by atoms with Crippen LogP contribution >= 0.6 is 0 Å². The summed E-state index contributed by atoms with van der Waals surface area (Å²) in [5.41, 5.74) is 1.43. The summed E-state index contributed by atoms with van der Waals surface area (Å²) in [4.78, 5) is 0. The van der Waals surface area contributed by atoms with E-state index in [1.807, 2.05) is 0 Å². The first-order valence-corrected chi connectivity index (χ1v) is 9.26. The molecule has 2 aromatic rings. The fourth-order valence-corrected chi connectivity index (χ4v) is 3.35. The molecule has 1 atom stereocenters. The average molecular weight is 295 g/mol. The topological polar surface area (TPSA) is 0 Å². The van der Waals surface area contributed by atoms with Crippen molar-refractivity contribution in [2.24, 2.45) is 0 Å². The second kappa shape index (κ2) is 9.66. The molecule has 0 N–H and O–H groups in total. The Morgan fingerprint density at radius 1 is 0.773 bits per heavy atom. The van der Waals surface area contributed by atoms with Crippen molar-refractivity contribution in [1.82, 2.24) is 0 Å². The van der Waals surface area contributed by atoms with Crippen molar-refractivity contribution in [3.8, 4) is 0 Å². The van der Waals surface area contributed by atoms with Crippen LogP contribution in [0.4, 0.5) is 0 Å². The van der Waals surface area contributed by atoms with Crippen LogP contribution in [-0.4, -0.2) is 0 Å². The van der Waals surface area contributed by atoms with Gasteiger partial charge in [0.2, 0.25) is 0 Å². The van der Waals surface area contributed by atoms with Crippen LogP contribution in [0.5, 0.6) is 0 Å². The number of hydrogen-bond acceptors (Lipinski definition) is 0. The van der Waals surface area contributed by atoms with Gasteiger partial charge in [0.1, 0.15) is 0 Å².